The maximum atomic E-state index is 11.3. The predicted molar refractivity (Wildman–Crippen MR) is 71.1 cm³/mol. The molecule has 0 radical (unpaired) electrons. The molecule has 1 aromatic carbocycles. The Kier molecular flexibility index (Phi) is 6.71. The van der Waals surface area contributed by atoms with Gasteiger partial charge in [-0.1, -0.05) is 25.0 Å². The summed E-state index contributed by atoms with van der Waals surface area (Å²) in [5, 5.41) is 0. The van der Waals surface area contributed by atoms with Crippen LogP contribution in [0.4, 0.5) is 0 Å². The van der Waals surface area contributed by atoms with Gasteiger partial charge < -0.3 is 4.74 Å². The highest BCUT2D eigenvalue weighted by Gasteiger charge is 2.06. The van der Waals surface area contributed by atoms with Gasteiger partial charge in [-0.3, -0.25) is 4.79 Å². The third kappa shape index (κ3) is 5.22. The van der Waals surface area contributed by atoms with Crippen molar-refractivity contribution in [1.29, 1.82) is 0 Å². The number of Topliss-reactive ketones (excluding diaryl/α,β-unsaturated/α-hetero) is 1. The van der Waals surface area contributed by atoms with Gasteiger partial charge in [0, 0.05) is 5.88 Å². The molecule has 0 aliphatic carbocycles. The van der Waals surface area contributed by atoms with E-state index in [2.05, 4.69) is 0 Å². The number of alkyl halides is 1. The second-order valence-corrected chi connectivity index (χ2v) is 4.38. The summed E-state index contributed by atoms with van der Waals surface area (Å²) in [7, 11) is 0. The molecule has 0 N–H and O–H groups in total. The van der Waals surface area contributed by atoms with E-state index >= 15 is 0 Å². The Morgan fingerprint density at radius 2 is 1.88 bits per heavy atom. The minimum absolute atomic E-state index is 0.0442. The fourth-order valence-corrected chi connectivity index (χ4v) is 1.80. The summed E-state index contributed by atoms with van der Waals surface area (Å²) in [5.74, 6) is 1.47. The quantitative estimate of drug-likeness (QED) is 0.397. The zero-order chi connectivity index (χ0) is 12.5. The fourth-order valence-electron chi connectivity index (χ4n) is 1.62. The molecular weight excluding hydrogens is 236 g/mol. The van der Waals surface area contributed by atoms with Crippen LogP contribution in [0.15, 0.2) is 24.3 Å². The Labute approximate surface area is 108 Å². The molecule has 0 bridgehead atoms. The molecule has 0 unspecified atom stereocenters. The van der Waals surface area contributed by atoms with Crippen molar-refractivity contribution in [3.63, 3.8) is 0 Å². The van der Waals surface area contributed by atoms with Crippen LogP contribution in [-0.4, -0.2) is 18.3 Å². The van der Waals surface area contributed by atoms with Crippen molar-refractivity contribution in [3.8, 4) is 5.75 Å². The van der Waals surface area contributed by atoms with E-state index in [9.17, 15) is 4.79 Å². The Morgan fingerprint density at radius 3 is 2.59 bits per heavy atom. The standard InChI is InChI=1S/C14H19ClO2/c1-12(16)13-8-4-5-9-14(13)17-11-7-3-2-6-10-15/h4-5,8-9H,2-3,6-7,10-11H2,1H3. The van der Waals surface area contributed by atoms with Gasteiger partial charge in [0.2, 0.25) is 0 Å². The van der Waals surface area contributed by atoms with E-state index in [4.69, 9.17) is 16.3 Å². The van der Waals surface area contributed by atoms with Crippen LogP contribution in [-0.2, 0) is 0 Å². The van der Waals surface area contributed by atoms with E-state index in [0.29, 0.717) is 17.9 Å². The van der Waals surface area contributed by atoms with Crippen LogP contribution >= 0.6 is 11.6 Å². The van der Waals surface area contributed by atoms with Gasteiger partial charge in [0.15, 0.2) is 5.78 Å². The van der Waals surface area contributed by atoms with E-state index in [-0.39, 0.29) is 5.78 Å². The first-order chi connectivity index (χ1) is 8.25. The Bertz CT molecular complexity index is 350. The van der Waals surface area contributed by atoms with E-state index < -0.39 is 0 Å². The van der Waals surface area contributed by atoms with Crippen LogP contribution in [0.25, 0.3) is 0 Å². The molecule has 0 atom stereocenters. The maximum absolute atomic E-state index is 11.3. The predicted octanol–water partition coefficient (Wildman–Crippen LogP) is 4.07. The van der Waals surface area contributed by atoms with Crippen molar-refractivity contribution < 1.29 is 9.53 Å². The molecule has 0 saturated carbocycles. The number of ketones is 1. The van der Waals surface area contributed by atoms with E-state index in [1.165, 1.54) is 0 Å². The first-order valence-corrected chi connectivity index (χ1v) is 6.58. The molecule has 0 heterocycles. The zero-order valence-corrected chi connectivity index (χ0v) is 11.0. The average Bonchev–Trinajstić information content (AvgIpc) is 2.34. The summed E-state index contributed by atoms with van der Waals surface area (Å²) >= 11 is 5.60. The van der Waals surface area contributed by atoms with Crippen LogP contribution < -0.4 is 4.74 Å². The van der Waals surface area contributed by atoms with Crippen LogP contribution in [0.1, 0.15) is 43.0 Å². The molecule has 0 aliphatic rings. The second-order valence-electron chi connectivity index (χ2n) is 4.00. The van der Waals surface area contributed by atoms with Gasteiger partial charge in [0.1, 0.15) is 5.75 Å². The van der Waals surface area contributed by atoms with E-state index in [1.54, 1.807) is 13.0 Å². The van der Waals surface area contributed by atoms with E-state index in [0.717, 1.165) is 31.6 Å². The fraction of sp³-hybridized carbons (Fsp3) is 0.500. The number of rotatable bonds is 8. The summed E-state index contributed by atoms with van der Waals surface area (Å²) in [4.78, 5) is 11.3. The number of carbonyl (C=O) groups excluding carboxylic acids is 1. The normalized spacial score (nSPS) is 10.2. The molecule has 3 heteroatoms. The molecule has 0 saturated heterocycles. The molecule has 0 aliphatic heterocycles. The first kappa shape index (κ1) is 14.0. The number of carbonyl (C=O) groups is 1. The molecule has 1 aromatic rings. The Balaban J connectivity index is 2.34. The van der Waals surface area contributed by atoms with Crippen molar-refractivity contribution in [3.05, 3.63) is 29.8 Å². The topological polar surface area (TPSA) is 26.3 Å². The number of hydrogen-bond donors (Lipinski definition) is 0. The monoisotopic (exact) mass is 254 g/mol. The van der Waals surface area contributed by atoms with E-state index in [1.807, 2.05) is 18.2 Å². The zero-order valence-electron chi connectivity index (χ0n) is 10.2. The summed E-state index contributed by atoms with van der Waals surface area (Å²) in [6.45, 7) is 2.22. The van der Waals surface area contributed by atoms with Gasteiger partial charge in [-0.05, 0) is 31.9 Å². The summed E-state index contributed by atoms with van der Waals surface area (Å²) in [6, 6.07) is 7.37. The van der Waals surface area contributed by atoms with Gasteiger partial charge in [-0.2, -0.15) is 0 Å². The molecule has 1 rings (SSSR count). The van der Waals surface area contributed by atoms with Crippen molar-refractivity contribution >= 4 is 17.4 Å². The lowest BCUT2D eigenvalue weighted by atomic mass is 10.1. The number of ether oxygens (including phenoxy) is 1. The first-order valence-electron chi connectivity index (χ1n) is 6.04. The van der Waals surface area contributed by atoms with Gasteiger partial charge >= 0.3 is 0 Å². The van der Waals surface area contributed by atoms with Gasteiger partial charge in [0.25, 0.3) is 0 Å². The number of halogens is 1. The van der Waals surface area contributed by atoms with Crippen LogP contribution in [0.2, 0.25) is 0 Å². The molecule has 0 aromatic heterocycles. The third-order valence-corrected chi connectivity index (χ3v) is 2.82. The van der Waals surface area contributed by atoms with Crippen molar-refractivity contribution in [2.45, 2.75) is 32.6 Å². The lowest BCUT2D eigenvalue weighted by molar-refractivity contribution is 0.101. The minimum Gasteiger partial charge on any atom is -0.493 e. The highest BCUT2D eigenvalue weighted by molar-refractivity contribution is 6.17. The SMILES string of the molecule is CC(=O)c1ccccc1OCCCCCCCl. The van der Waals surface area contributed by atoms with Crippen LogP contribution in [0.5, 0.6) is 5.75 Å². The van der Waals surface area contributed by atoms with Gasteiger partial charge in [-0.15, -0.1) is 11.6 Å². The van der Waals surface area contributed by atoms with Crippen molar-refractivity contribution in [2.75, 3.05) is 12.5 Å². The molecule has 0 amide bonds. The molecule has 0 fully saturated rings. The second kappa shape index (κ2) is 8.13. The number of para-hydroxylation sites is 1. The summed E-state index contributed by atoms with van der Waals surface area (Å²) in [5.41, 5.74) is 0.660. The van der Waals surface area contributed by atoms with Crippen molar-refractivity contribution in [2.24, 2.45) is 0 Å². The maximum Gasteiger partial charge on any atom is 0.163 e. The summed E-state index contributed by atoms with van der Waals surface area (Å²) in [6.07, 6.45) is 4.32. The van der Waals surface area contributed by atoms with Gasteiger partial charge in [0.05, 0.1) is 12.2 Å². The number of hydrogen-bond acceptors (Lipinski definition) is 2. The average molecular weight is 255 g/mol. The number of benzene rings is 1. The molecular formula is C14H19ClO2. The largest absolute Gasteiger partial charge is 0.493 e. The van der Waals surface area contributed by atoms with Crippen molar-refractivity contribution in [1.82, 2.24) is 0 Å². The molecule has 0 spiro atoms. The van der Waals surface area contributed by atoms with Crippen LogP contribution in [0, 0.1) is 0 Å². The van der Waals surface area contributed by atoms with Gasteiger partial charge in [-0.25, -0.2) is 0 Å². The highest BCUT2D eigenvalue weighted by atomic mass is 35.5. The third-order valence-electron chi connectivity index (χ3n) is 2.55. The lowest BCUT2D eigenvalue weighted by Gasteiger charge is -2.09. The Morgan fingerprint density at radius 1 is 1.18 bits per heavy atom. The molecule has 17 heavy (non-hydrogen) atoms. The molecule has 2 nitrogen and oxygen atoms in total. The smallest absolute Gasteiger partial charge is 0.163 e. The Hall–Kier alpha value is -1.02. The lowest BCUT2D eigenvalue weighted by Crippen LogP contribution is -2.02. The summed E-state index contributed by atoms with van der Waals surface area (Å²) < 4.78 is 5.62. The molecule has 94 valence electrons. The minimum atomic E-state index is 0.0442. The number of unbranched alkanes of at least 4 members (excludes halogenated alkanes) is 3. The highest BCUT2D eigenvalue weighted by Crippen LogP contribution is 2.18. The van der Waals surface area contributed by atoms with Crippen LogP contribution in [0.3, 0.4) is 0 Å².